The van der Waals surface area contributed by atoms with Crippen molar-refractivity contribution in [1.29, 1.82) is 0 Å². The molecule has 0 saturated heterocycles. The molecule has 0 aromatic rings. The lowest BCUT2D eigenvalue weighted by molar-refractivity contribution is -0.161. The molecule has 0 spiro atoms. The first-order valence-corrected chi connectivity index (χ1v) is 7.69. The maximum absolute atomic E-state index is 13.6. The Morgan fingerprint density at radius 2 is 2.04 bits per heavy atom. The van der Waals surface area contributed by atoms with Crippen LogP contribution in [0.4, 0.5) is 4.39 Å². The van der Waals surface area contributed by atoms with Crippen LogP contribution in [0.3, 0.4) is 0 Å². The normalized spacial score (nSPS) is 13.8. The topological polar surface area (TPSA) is 73.6 Å². The first kappa shape index (κ1) is 22.1. The summed E-state index contributed by atoms with van der Waals surface area (Å²) in [4.78, 5) is 11.7. The Morgan fingerprint density at radius 1 is 1.46 bits per heavy atom. The van der Waals surface area contributed by atoms with Crippen molar-refractivity contribution < 1.29 is 18.7 Å². The van der Waals surface area contributed by atoms with Crippen LogP contribution >= 0.6 is 23.8 Å². The van der Waals surface area contributed by atoms with Crippen molar-refractivity contribution in [2.45, 2.75) is 26.4 Å². The summed E-state index contributed by atoms with van der Waals surface area (Å²) in [5.74, 6) is -1.02. The Bertz CT molecular complexity index is 598. The molecule has 0 heterocycles. The van der Waals surface area contributed by atoms with Gasteiger partial charge in [0.25, 0.3) is 0 Å². The minimum atomic E-state index is -1.26. The monoisotopic (exact) mass is 376 g/mol. The average molecular weight is 377 g/mol. The Balaban J connectivity index is 5.15. The Hall–Kier alpha value is -1.86. The summed E-state index contributed by atoms with van der Waals surface area (Å²) in [6.07, 6.45) is 3.80. The molecule has 0 aliphatic heterocycles. The van der Waals surface area contributed by atoms with Crippen molar-refractivity contribution in [2.75, 3.05) is 13.7 Å². The fourth-order valence-electron chi connectivity index (χ4n) is 1.47. The number of rotatable bonds is 9. The minimum Gasteiger partial charge on any atom is -0.466 e. The summed E-state index contributed by atoms with van der Waals surface area (Å²) in [6, 6.07) is 0. The molecule has 0 unspecified atom stereocenters. The third-order valence-corrected chi connectivity index (χ3v) is 3.09. The van der Waals surface area contributed by atoms with Gasteiger partial charge in [-0.05, 0) is 32.9 Å². The van der Waals surface area contributed by atoms with Gasteiger partial charge in [-0.2, -0.15) is 0 Å². The largest absolute Gasteiger partial charge is 0.466 e. The number of ether oxygens (including phenoxy) is 2. The first-order chi connectivity index (χ1) is 11.0. The Labute approximate surface area is 152 Å². The quantitative estimate of drug-likeness (QED) is 0.211. The van der Waals surface area contributed by atoms with Gasteiger partial charge in [-0.1, -0.05) is 36.0 Å². The van der Waals surface area contributed by atoms with E-state index in [0.717, 1.165) is 0 Å². The van der Waals surface area contributed by atoms with Gasteiger partial charge in [-0.3, -0.25) is 0 Å². The van der Waals surface area contributed by atoms with Gasteiger partial charge in [0.05, 0.1) is 12.1 Å². The highest BCUT2D eigenvalue weighted by atomic mass is 35.5. The van der Waals surface area contributed by atoms with E-state index in [-0.39, 0.29) is 22.4 Å². The number of halogens is 2. The number of allylic oxidation sites excluding steroid dienone is 4. The van der Waals surface area contributed by atoms with Gasteiger partial charge < -0.3 is 20.5 Å². The number of thiocarbonyl (C=S) groups is 1. The van der Waals surface area contributed by atoms with E-state index < -0.39 is 17.4 Å². The van der Waals surface area contributed by atoms with Crippen molar-refractivity contribution in [1.82, 2.24) is 5.32 Å². The molecule has 0 amide bonds. The molecule has 0 fully saturated rings. The maximum atomic E-state index is 13.6. The molecular weight excluding hydrogens is 355 g/mol. The first-order valence-electron chi connectivity index (χ1n) is 6.90. The number of carbonyl (C=O) groups excluding carboxylic acids is 1. The molecule has 0 aromatic heterocycles. The van der Waals surface area contributed by atoms with E-state index in [1.165, 1.54) is 39.2 Å². The second-order valence-electron chi connectivity index (χ2n) is 5.26. The van der Waals surface area contributed by atoms with Crippen LogP contribution in [-0.4, -0.2) is 30.2 Å². The predicted molar refractivity (Wildman–Crippen MR) is 98.0 cm³/mol. The van der Waals surface area contributed by atoms with E-state index >= 15 is 0 Å². The molecule has 3 N–H and O–H groups in total. The van der Waals surface area contributed by atoms with E-state index in [4.69, 9.17) is 34.3 Å². The third kappa shape index (κ3) is 8.12. The van der Waals surface area contributed by atoms with E-state index in [0.29, 0.717) is 5.57 Å². The van der Waals surface area contributed by atoms with Crippen LogP contribution in [-0.2, 0) is 14.3 Å². The second kappa shape index (κ2) is 10.1. The van der Waals surface area contributed by atoms with Crippen LogP contribution in [0.5, 0.6) is 0 Å². The molecule has 0 aliphatic carbocycles. The molecule has 0 rings (SSSR count). The van der Waals surface area contributed by atoms with Gasteiger partial charge in [0.15, 0.2) is 5.88 Å². The predicted octanol–water partition coefficient (Wildman–Crippen LogP) is 3.22. The van der Waals surface area contributed by atoms with Gasteiger partial charge >= 0.3 is 5.97 Å². The van der Waals surface area contributed by atoms with Crippen LogP contribution in [0.15, 0.2) is 47.1 Å². The van der Waals surface area contributed by atoms with Gasteiger partial charge in [-0.25, -0.2) is 9.18 Å². The molecule has 0 bridgehead atoms. The zero-order chi connectivity index (χ0) is 18.9. The SMILES string of the molecule is C=C/C(Cl)=C(F)\C=C(/C)CNC(=CC(N)=S)OC(C)(C)C(=O)OC. The number of nitrogens with two attached hydrogens (primary N) is 1. The molecule has 8 heteroatoms. The number of esters is 1. The lowest BCUT2D eigenvalue weighted by Crippen LogP contribution is -2.38. The number of carbonyl (C=O) groups is 1. The Kier molecular flexibility index (Phi) is 9.32. The summed E-state index contributed by atoms with van der Waals surface area (Å²) in [5.41, 5.74) is 4.83. The molecule has 0 saturated carbocycles. The fourth-order valence-corrected chi connectivity index (χ4v) is 1.63. The highest BCUT2D eigenvalue weighted by molar-refractivity contribution is 7.80. The molecule has 0 aromatic carbocycles. The zero-order valence-electron chi connectivity index (χ0n) is 14.1. The molecule has 0 aliphatic rings. The van der Waals surface area contributed by atoms with E-state index in [9.17, 15) is 9.18 Å². The van der Waals surface area contributed by atoms with Crippen LogP contribution in [0.2, 0.25) is 0 Å². The molecule has 0 atom stereocenters. The highest BCUT2D eigenvalue weighted by Gasteiger charge is 2.31. The number of nitrogens with one attached hydrogen (secondary N) is 1. The second-order valence-corrected chi connectivity index (χ2v) is 6.14. The van der Waals surface area contributed by atoms with Crippen molar-refractivity contribution in [3.8, 4) is 0 Å². The lowest BCUT2D eigenvalue weighted by atomic mass is 10.1. The van der Waals surface area contributed by atoms with Gasteiger partial charge in [0, 0.05) is 12.6 Å². The van der Waals surface area contributed by atoms with Gasteiger partial charge in [-0.15, -0.1) is 0 Å². The fraction of sp³-hybridized carbons (Fsp3) is 0.375. The average Bonchev–Trinajstić information content (AvgIpc) is 2.49. The van der Waals surface area contributed by atoms with E-state index in [2.05, 4.69) is 16.6 Å². The van der Waals surface area contributed by atoms with Crippen molar-refractivity contribution in [3.63, 3.8) is 0 Å². The highest BCUT2D eigenvalue weighted by Crippen LogP contribution is 2.17. The zero-order valence-corrected chi connectivity index (χ0v) is 15.7. The third-order valence-electron chi connectivity index (χ3n) is 2.64. The van der Waals surface area contributed by atoms with Crippen LogP contribution in [0.25, 0.3) is 0 Å². The Morgan fingerprint density at radius 3 is 2.50 bits per heavy atom. The molecule has 5 nitrogen and oxygen atoms in total. The summed E-state index contributed by atoms with van der Waals surface area (Å²) < 4.78 is 23.9. The van der Waals surface area contributed by atoms with Crippen molar-refractivity contribution in [3.05, 3.63) is 47.1 Å². The van der Waals surface area contributed by atoms with E-state index in [1.54, 1.807) is 6.92 Å². The number of hydrogen-bond donors (Lipinski definition) is 2. The lowest BCUT2D eigenvalue weighted by Gasteiger charge is -2.25. The maximum Gasteiger partial charge on any atom is 0.349 e. The molecule has 0 radical (unpaired) electrons. The van der Waals surface area contributed by atoms with Gasteiger partial charge in [0.1, 0.15) is 10.8 Å². The van der Waals surface area contributed by atoms with Crippen molar-refractivity contribution >= 4 is 34.8 Å². The summed E-state index contributed by atoms with van der Waals surface area (Å²) in [6.45, 7) is 8.34. The minimum absolute atomic E-state index is 0.0561. The van der Waals surface area contributed by atoms with Crippen LogP contribution in [0, 0.1) is 0 Å². The van der Waals surface area contributed by atoms with Crippen LogP contribution in [0.1, 0.15) is 20.8 Å². The van der Waals surface area contributed by atoms with E-state index in [1.807, 2.05) is 0 Å². The van der Waals surface area contributed by atoms with Crippen molar-refractivity contribution in [2.24, 2.45) is 5.73 Å². The van der Waals surface area contributed by atoms with Gasteiger partial charge in [0.2, 0.25) is 5.60 Å². The molecular formula is C16H22ClFN2O3S. The number of hydrogen-bond acceptors (Lipinski definition) is 5. The smallest absolute Gasteiger partial charge is 0.349 e. The summed E-state index contributed by atoms with van der Waals surface area (Å²) >= 11 is 10.4. The standard InChI is InChI=1S/C16H22ClFN2O3S/c1-6-11(17)12(18)7-10(2)9-20-14(8-13(19)24)23-16(3,4)15(21)22-5/h6-8,20H,1,9H2,2-5H3,(H2,19,24)/b10-7+,12-11-,14-8?. The number of methoxy groups -OCH3 is 1. The summed E-state index contributed by atoms with van der Waals surface area (Å²) in [7, 11) is 1.25. The molecule has 134 valence electrons. The van der Waals surface area contributed by atoms with Crippen LogP contribution < -0.4 is 11.1 Å². The summed E-state index contributed by atoms with van der Waals surface area (Å²) in [5, 5.41) is 2.80. The molecule has 24 heavy (non-hydrogen) atoms.